The molecule has 11 heteroatoms. The van der Waals surface area contributed by atoms with Gasteiger partial charge in [-0.1, -0.05) is 12.1 Å². The molecular formula is C22H22FN5O4S. The zero-order valence-corrected chi connectivity index (χ0v) is 19.3. The van der Waals surface area contributed by atoms with Crippen LogP contribution in [0.3, 0.4) is 0 Å². The predicted molar refractivity (Wildman–Crippen MR) is 123 cm³/mol. The molecule has 4 aromatic rings. The molecule has 0 spiro atoms. The molecule has 0 amide bonds. The summed E-state index contributed by atoms with van der Waals surface area (Å²) in [6, 6.07) is 9.69. The van der Waals surface area contributed by atoms with Gasteiger partial charge in [-0.25, -0.2) is 17.8 Å². The molecule has 172 valence electrons. The lowest BCUT2D eigenvalue weighted by Gasteiger charge is -2.11. The Morgan fingerprint density at radius 3 is 2.45 bits per heavy atom. The van der Waals surface area contributed by atoms with Crippen molar-refractivity contribution in [3.8, 4) is 17.3 Å². The predicted octanol–water partition coefficient (Wildman–Crippen LogP) is 2.67. The molecule has 1 aromatic carbocycles. The number of benzene rings is 1. The van der Waals surface area contributed by atoms with Crippen molar-refractivity contribution < 1.29 is 17.5 Å². The summed E-state index contributed by atoms with van der Waals surface area (Å²) in [5.41, 5.74) is 3.09. The number of fused-ring (bicyclic) bond motifs is 1. The summed E-state index contributed by atoms with van der Waals surface area (Å²) < 4.78 is 48.5. The van der Waals surface area contributed by atoms with Gasteiger partial charge in [0, 0.05) is 24.4 Å². The molecule has 0 saturated carbocycles. The number of aryl methyl sites for hydroxylation is 2. The fourth-order valence-electron chi connectivity index (χ4n) is 3.59. The molecule has 33 heavy (non-hydrogen) atoms. The van der Waals surface area contributed by atoms with Crippen LogP contribution in [-0.4, -0.2) is 40.9 Å². The van der Waals surface area contributed by atoms with E-state index in [1.165, 1.54) is 23.8 Å². The molecule has 1 N–H and O–H groups in total. The topological polar surface area (TPSA) is 108 Å². The van der Waals surface area contributed by atoms with Gasteiger partial charge in [0.2, 0.25) is 10.0 Å². The number of pyridine rings is 2. The number of rotatable bonds is 6. The van der Waals surface area contributed by atoms with Crippen LogP contribution < -0.4 is 15.0 Å². The molecule has 0 radical (unpaired) electrons. The number of sulfonamides is 1. The summed E-state index contributed by atoms with van der Waals surface area (Å²) in [5, 5.41) is 0. The largest absolute Gasteiger partial charge is 0.468 e. The van der Waals surface area contributed by atoms with Crippen LogP contribution in [0.15, 0.2) is 47.4 Å². The van der Waals surface area contributed by atoms with Crippen LogP contribution in [-0.2, 0) is 23.6 Å². The fraction of sp³-hybridized carbons (Fsp3) is 0.227. The Bertz CT molecular complexity index is 1500. The molecule has 0 aliphatic carbocycles. The minimum atomic E-state index is -3.66. The normalized spacial score (nSPS) is 11.7. The number of aromatic nitrogens is 4. The van der Waals surface area contributed by atoms with Crippen molar-refractivity contribution in [1.82, 2.24) is 19.1 Å². The van der Waals surface area contributed by atoms with E-state index in [1.807, 2.05) is 0 Å². The number of ether oxygens (including phenoxy) is 1. The Hall–Kier alpha value is -3.73. The number of anilines is 1. The van der Waals surface area contributed by atoms with Gasteiger partial charge in [0.1, 0.15) is 11.3 Å². The van der Waals surface area contributed by atoms with E-state index in [0.29, 0.717) is 34.4 Å². The van der Waals surface area contributed by atoms with Gasteiger partial charge < -0.3 is 9.30 Å². The SMILES string of the molecule is COc1nc2c(NS(C)(=O)=O)nc(-c3cc(C)c(=O)n(C)c3)cc2n1Cc1ccc(F)cc1. The van der Waals surface area contributed by atoms with Gasteiger partial charge in [0.25, 0.3) is 11.6 Å². The first-order chi connectivity index (χ1) is 15.6. The number of methoxy groups -OCH3 is 1. The Morgan fingerprint density at radius 1 is 1.15 bits per heavy atom. The van der Waals surface area contributed by atoms with E-state index in [9.17, 15) is 17.6 Å². The van der Waals surface area contributed by atoms with Gasteiger partial charge in [0.05, 0.1) is 31.1 Å². The number of hydrogen-bond donors (Lipinski definition) is 1. The lowest BCUT2D eigenvalue weighted by molar-refractivity contribution is 0.364. The highest BCUT2D eigenvalue weighted by molar-refractivity contribution is 7.92. The Balaban J connectivity index is 1.98. The third-order valence-electron chi connectivity index (χ3n) is 5.08. The smallest absolute Gasteiger partial charge is 0.297 e. The van der Waals surface area contributed by atoms with Crippen LogP contribution >= 0.6 is 0 Å². The minimum Gasteiger partial charge on any atom is -0.468 e. The maximum absolute atomic E-state index is 13.4. The molecule has 3 aromatic heterocycles. The number of halogens is 1. The van der Waals surface area contributed by atoms with Crippen molar-refractivity contribution in [3.63, 3.8) is 0 Å². The maximum atomic E-state index is 13.4. The Morgan fingerprint density at radius 2 is 1.85 bits per heavy atom. The van der Waals surface area contributed by atoms with Crippen LogP contribution in [0.1, 0.15) is 11.1 Å². The van der Waals surface area contributed by atoms with Crippen molar-refractivity contribution in [3.05, 3.63) is 69.9 Å². The average Bonchev–Trinajstić information content (AvgIpc) is 3.10. The van der Waals surface area contributed by atoms with Crippen LogP contribution in [0.2, 0.25) is 0 Å². The van der Waals surface area contributed by atoms with Crippen molar-refractivity contribution in [2.24, 2.45) is 7.05 Å². The van der Waals surface area contributed by atoms with E-state index >= 15 is 0 Å². The van der Waals surface area contributed by atoms with Gasteiger partial charge in [0.15, 0.2) is 5.82 Å². The van der Waals surface area contributed by atoms with Gasteiger partial charge in [-0.05, 0) is 36.8 Å². The first-order valence-corrected chi connectivity index (χ1v) is 11.8. The molecule has 0 aliphatic heterocycles. The highest BCUT2D eigenvalue weighted by atomic mass is 32.2. The van der Waals surface area contributed by atoms with Gasteiger partial charge >= 0.3 is 0 Å². The van der Waals surface area contributed by atoms with E-state index in [1.54, 1.807) is 49.0 Å². The number of nitrogens with zero attached hydrogens (tertiary/aromatic N) is 4. The maximum Gasteiger partial charge on any atom is 0.297 e. The molecular weight excluding hydrogens is 449 g/mol. The molecule has 9 nitrogen and oxygen atoms in total. The van der Waals surface area contributed by atoms with Crippen LogP contribution in [0.5, 0.6) is 6.01 Å². The number of nitrogens with one attached hydrogen (secondary N) is 1. The quantitative estimate of drug-likeness (QED) is 0.463. The van der Waals surface area contributed by atoms with E-state index < -0.39 is 10.0 Å². The zero-order valence-electron chi connectivity index (χ0n) is 18.5. The summed E-state index contributed by atoms with van der Waals surface area (Å²) in [6.07, 6.45) is 2.65. The lowest BCUT2D eigenvalue weighted by atomic mass is 10.1. The van der Waals surface area contributed by atoms with Crippen LogP contribution in [0.4, 0.5) is 10.2 Å². The molecule has 0 unspecified atom stereocenters. The van der Waals surface area contributed by atoms with Gasteiger partial charge in [-0.2, -0.15) is 4.98 Å². The number of imidazole rings is 1. The zero-order chi connectivity index (χ0) is 23.9. The third kappa shape index (κ3) is 4.58. The van der Waals surface area contributed by atoms with Gasteiger partial charge in [-0.15, -0.1) is 0 Å². The second kappa shape index (κ2) is 8.32. The third-order valence-corrected chi connectivity index (χ3v) is 5.64. The fourth-order valence-corrected chi connectivity index (χ4v) is 4.09. The molecule has 0 atom stereocenters. The molecule has 3 heterocycles. The van der Waals surface area contributed by atoms with E-state index in [2.05, 4.69) is 14.7 Å². The molecule has 0 saturated heterocycles. The summed E-state index contributed by atoms with van der Waals surface area (Å²) >= 11 is 0. The summed E-state index contributed by atoms with van der Waals surface area (Å²) in [6.45, 7) is 2.00. The van der Waals surface area contributed by atoms with Crippen molar-refractivity contribution in [2.45, 2.75) is 13.5 Å². The molecule has 0 fully saturated rings. The van der Waals surface area contributed by atoms with Gasteiger partial charge in [-0.3, -0.25) is 14.1 Å². The second-order valence-corrected chi connectivity index (χ2v) is 9.49. The summed E-state index contributed by atoms with van der Waals surface area (Å²) in [4.78, 5) is 21.1. The average molecular weight is 472 g/mol. The highest BCUT2D eigenvalue weighted by Gasteiger charge is 2.20. The van der Waals surface area contributed by atoms with E-state index in [4.69, 9.17) is 4.74 Å². The number of hydrogen-bond acceptors (Lipinski definition) is 6. The minimum absolute atomic E-state index is 0.0349. The molecule has 0 aliphatic rings. The molecule has 4 rings (SSSR count). The molecule has 0 bridgehead atoms. The monoisotopic (exact) mass is 471 g/mol. The van der Waals surface area contributed by atoms with Crippen LogP contribution in [0, 0.1) is 12.7 Å². The van der Waals surface area contributed by atoms with E-state index in [-0.39, 0.29) is 23.2 Å². The Kier molecular flexibility index (Phi) is 5.66. The van der Waals surface area contributed by atoms with E-state index in [0.717, 1.165) is 11.8 Å². The first kappa shape index (κ1) is 22.5. The highest BCUT2D eigenvalue weighted by Crippen LogP contribution is 2.32. The standard InChI is InChI=1S/C22H22FN5O4S/c1-13-9-15(12-27(2)21(13)29)17-10-18-19(20(24-17)26-33(4,30)31)25-22(32-3)28(18)11-14-5-7-16(23)8-6-14/h5-10,12H,11H2,1-4H3,(H,24,26). The second-order valence-electron chi connectivity index (χ2n) is 7.74. The summed E-state index contributed by atoms with van der Waals surface area (Å²) in [5.74, 6) is -0.315. The Labute approximate surface area is 189 Å². The van der Waals surface area contributed by atoms with Crippen molar-refractivity contribution in [1.29, 1.82) is 0 Å². The van der Waals surface area contributed by atoms with Crippen molar-refractivity contribution in [2.75, 3.05) is 18.1 Å². The lowest BCUT2D eigenvalue weighted by Crippen LogP contribution is -2.18. The summed E-state index contributed by atoms with van der Waals surface area (Å²) in [7, 11) is -0.575. The van der Waals surface area contributed by atoms with Crippen LogP contribution in [0.25, 0.3) is 22.3 Å². The first-order valence-electron chi connectivity index (χ1n) is 9.91. The van der Waals surface area contributed by atoms with Crippen molar-refractivity contribution >= 4 is 26.9 Å².